The number of ether oxygens (including phenoxy) is 1. The molecule has 5 nitrogen and oxygen atoms in total. The third-order valence-corrected chi connectivity index (χ3v) is 4.41. The lowest BCUT2D eigenvalue weighted by atomic mass is 10.1. The first-order valence-corrected chi connectivity index (χ1v) is 8.03. The molecule has 0 spiro atoms. The number of phenolic OH excluding ortho intramolecular Hbond substituents is 2. The molecular weight excluding hydrogens is 336 g/mol. The quantitative estimate of drug-likeness (QED) is 0.733. The van der Waals surface area contributed by atoms with Crippen molar-refractivity contribution in [3.63, 3.8) is 0 Å². The van der Waals surface area contributed by atoms with Gasteiger partial charge in [0.15, 0.2) is 0 Å². The van der Waals surface area contributed by atoms with Gasteiger partial charge in [-0.15, -0.1) is 5.10 Å². The van der Waals surface area contributed by atoms with Crippen LogP contribution >= 0.6 is 23.1 Å². The SMILES string of the molecule is CCOc1ccc(-c2snnc2-c2ccc(O)c(Cl)c2O)cc1. The van der Waals surface area contributed by atoms with E-state index < -0.39 is 0 Å². The Bertz CT molecular complexity index is 834. The lowest BCUT2D eigenvalue weighted by Gasteiger charge is -2.08. The van der Waals surface area contributed by atoms with Gasteiger partial charge >= 0.3 is 0 Å². The van der Waals surface area contributed by atoms with Crippen molar-refractivity contribution < 1.29 is 14.9 Å². The molecule has 0 amide bonds. The number of halogens is 1. The minimum atomic E-state index is -0.216. The highest BCUT2D eigenvalue weighted by atomic mass is 35.5. The van der Waals surface area contributed by atoms with Gasteiger partial charge in [0.1, 0.15) is 28.0 Å². The summed E-state index contributed by atoms with van der Waals surface area (Å²) in [6.45, 7) is 2.53. The van der Waals surface area contributed by atoms with Gasteiger partial charge in [-0.25, -0.2) is 0 Å². The molecule has 0 atom stereocenters. The average molecular weight is 349 g/mol. The molecule has 1 aromatic heterocycles. The van der Waals surface area contributed by atoms with Crippen molar-refractivity contribution in [1.29, 1.82) is 0 Å². The summed E-state index contributed by atoms with van der Waals surface area (Å²) in [5, 5.41) is 23.7. The zero-order valence-corrected chi connectivity index (χ0v) is 13.7. The highest BCUT2D eigenvalue weighted by molar-refractivity contribution is 7.09. The molecule has 0 unspecified atom stereocenters. The van der Waals surface area contributed by atoms with Crippen LogP contribution in [-0.2, 0) is 0 Å². The minimum Gasteiger partial charge on any atom is -0.506 e. The molecule has 0 aliphatic rings. The summed E-state index contributed by atoms with van der Waals surface area (Å²) in [4.78, 5) is 0.796. The van der Waals surface area contributed by atoms with Gasteiger partial charge in [-0.1, -0.05) is 16.1 Å². The second kappa shape index (κ2) is 6.44. The van der Waals surface area contributed by atoms with E-state index in [0.717, 1.165) is 16.2 Å². The van der Waals surface area contributed by atoms with Crippen molar-refractivity contribution in [2.24, 2.45) is 0 Å². The molecule has 0 saturated carbocycles. The highest BCUT2D eigenvalue weighted by Gasteiger charge is 2.19. The van der Waals surface area contributed by atoms with E-state index in [1.165, 1.54) is 17.6 Å². The number of hydrogen-bond donors (Lipinski definition) is 2. The van der Waals surface area contributed by atoms with Crippen LogP contribution in [-0.4, -0.2) is 26.4 Å². The summed E-state index contributed by atoms with van der Waals surface area (Å²) < 4.78 is 9.40. The summed E-state index contributed by atoms with van der Waals surface area (Å²) in [5.74, 6) is 0.385. The Morgan fingerprint density at radius 1 is 1.13 bits per heavy atom. The first-order chi connectivity index (χ1) is 11.1. The number of rotatable bonds is 4. The summed E-state index contributed by atoms with van der Waals surface area (Å²) >= 11 is 7.11. The first kappa shape index (κ1) is 15.6. The second-order valence-electron chi connectivity index (χ2n) is 4.70. The van der Waals surface area contributed by atoms with Crippen LogP contribution in [0.2, 0.25) is 5.02 Å². The van der Waals surface area contributed by atoms with E-state index in [9.17, 15) is 10.2 Å². The van der Waals surface area contributed by atoms with Gasteiger partial charge in [-0.2, -0.15) is 0 Å². The van der Waals surface area contributed by atoms with Gasteiger partial charge in [0.25, 0.3) is 0 Å². The van der Waals surface area contributed by atoms with Gasteiger partial charge in [-0.05, 0) is 60.4 Å². The predicted molar refractivity (Wildman–Crippen MR) is 90.3 cm³/mol. The lowest BCUT2D eigenvalue weighted by Crippen LogP contribution is -1.90. The van der Waals surface area contributed by atoms with Crippen LogP contribution in [0.3, 0.4) is 0 Å². The van der Waals surface area contributed by atoms with E-state index in [0.29, 0.717) is 17.9 Å². The number of nitrogens with zero attached hydrogens (tertiary/aromatic N) is 2. The maximum absolute atomic E-state index is 10.2. The van der Waals surface area contributed by atoms with E-state index >= 15 is 0 Å². The van der Waals surface area contributed by atoms with Crippen LogP contribution in [0, 0.1) is 0 Å². The number of phenols is 2. The number of benzene rings is 2. The molecule has 2 aromatic carbocycles. The van der Waals surface area contributed by atoms with E-state index in [1.54, 1.807) is 6.07 Å². The van der Waals surface area contributed by atoms with Gasteiger partial charge < -0.3 is 14.9 Å². The molecule has 1 heterocycles. The normalized spacial score (nSPS) is 10.7. The molecular formula is C16H13ClN2O3S. The van der Waals surface area contributed by atoms with Crippen molar-refractivity contribution in [2.45, 2.75) is 6.92 Å². The summed E-state index contributed by atoms with van der Waals surface area (Å²) in [7, 11) is 0. The zero-order chi connectivity index (χ0) is 16.4. The molecule has 0 aliphatic carbocycles. The van der Waals surface area contributed by atoms with Crippen molar-refractivity contribution in [3.8, 4) is 38.9 Å². The van der Waals surface area contributed by atoms with Gasteiger partial charge in [0.05, 0.1) is 11.5 Å². The average Bonchev–Trinajstić information content (AvgIpc) is 3.03. The molecule has 3 aromatic rings. The topological polar surface area (TPSA) is 75.5 Å². The largest absolute Gasteiger partial charge is 0.506 e. The van der Waals surface area contributed by atoms with Crippen molar-refractivity contribution in [2.75, 3.05) is 6.61 Å². The van der Waals surface area contributed by atoms with Gasteiger partial charge in [0, 0.05) is 5.56 Å². The number of aromatic hydroxyl groups is 2. The second-order valence-corrected chi connectivity index (χ2v) is 5.83. The molecule has 0 radical (unpaired) electrons. The Balaban J connectivity index is 2.05. The Hall–Kier alpha value is -2.31. The van der Waals surface area contributed by atoms with Gasteiger partial charge in [0.2, 0.25) is 0 Å². The van der Waals surface area contributed by atoms with Crippen LogP contribution in [0.5, 0.6) is 17.2 Å². The van der Waals surface area contributed by atoms with E-state index in [2.05, 4.69) is 9.59 Å². The Morgan fingerprint density at radius 2 is 1.87 bits per heavy atom. The van der Waals surface area contributed by atoms with Crippen LogP contribution in [0.25, 0.3) is 21.7 Å². The fourth-order valence-electron chi connectivity index (χ4n) is 2.17. The Morgan fingerprint density at radius 3 is 2.57 bits per heavy atom. The molecule has 3 rings (SSSR count). The summed E-state index contributed by atoms with van der Waals surface area (Å²) in [6.07, 6.45) is 0. The summed E-state index contributed by atoms with van der Waals surface area (Å²) in [5.41, 5.74) is 1.84. The molecule has 0 bridgehead atoms. The maximum atomic E-state index is 10.2. The van der Waals surface area contributed by atoms with E-state index in [1.807, 2.05) is 31.2 Å². The standard InChI is InChI=1S/C16H13ClN2O3S/c1-2-22-10-5-3-9(4-6-10)16-14(18-19-23-16)11-7-8-12(20)13(17)15(11)21/h3-8,20-21H,2H2,1H3. The Kier molecular flexibility index (Phi) is 4.36. The minimum absolute atomic E-state index is 0.104. The van der Waals surface area contributed by atoms with Crippen molar-refractivity contribution in [1.82, 2.24) is 9.59 Å². The van der Waals surface area contributed by atoms with Crippen LogP contribution in [0.15, 0.2) is 36.4 Å². The third-order valence-electron chi connectivity index (χ3n) is 3.27. The van der Waals surface area contributed by atoms with Crippen LogP contribution in [0.4, 0.5) is 0 Å². The molecule has 2 N–H and O–H groups in total. The van der Waals surface area contributed by atoms with Crippen molar-refractivity contribution in [3.05, 3.63) is 41.4 Å². The van der Waals surface area contributed by atoms with Crippen LogP contribution < -0.4 is 4.74 Å². The first-order valence-electron chi connectivity index (χ1n) is 6.88. The predicted octanol–water partition coefficient (Wildman–Crippen LogP) is 4.34. The molecule has 0 saturated heterocycles. The molecule has 23 heavy (non-hydrogen) atoms. The molecule has 0 fully saturated rings. The molecule has 0 aliphatic heterocycles. The van der Waals surface area contributed by atoms with E-state index in [4.69, 9.17) is 16.3 Å². The molecule has 118 valence electrons. The van der Waals surface area contributed by atoms with Gasteiger partial charge in [-0.3, -0.25) is 0 Å². The zero-order valence-electron chi connectivity index (χ0n) is 12.2. The lowest BCUT2D eigenvalue weighted by molar-refractivity contribution is 0.340. The van der Waals surface area contributed by atoms with E-state index in [-0.39, 0.29) is 16.5 Å². The maximum Gasteiger partial charge on any atom is 0.147 e. The monoisotopic (exact) mass is 348 g/mol. The highest BCUT2D eigenvalue weighted by Crippen LogP contribution is 2.43. The fourth-order valence-corrected chi connectivity index (χ4v) is 3.02. The Labute approximate surface area is 141 Å². The smallest absolute Gasteiger partial charge is 0.147 e. The number of aromatic nitrogens is 2. The fraction of sp³-hybridized carbons (Fsp3) is 0.125. The van der Waals surface area contributed by atoms with Crippen molar-refractivity contribution >= 4 is 23.1 Å². The van der Waals surface area contributed by atoms with Crippen LogP contribution in [0.1, 0.15) is 6.92 Å². The number of hydrogen-bond acceptors (Lipinski definition) is 6. The third kappa shape index (κ3) is 2.95. The summed E-state index contributed by atoms with van der Waals surface area (Å²) in [6, 6.07) is 10.5. The molecule has 7 heteroatoms.